The van der Waals surface area contributed by atoms with Gasteiger partial charge in [-0.3, -0.25) is 9.69 Å². The largest absolute Gasteiger partial charge is 0.367 e. The Morgan fingerprint density at radius 2 is 1.85 bits per heavy atom. The Kier molecular flexibility index (Phi) is 4.97. The number of nitrogens with zero attached hydrogens (tertiary/aromatic N) is 4. The minimum absolute atomic E-state index is 0.175. The van der Waals surface area contributed by atoms with E-state index in [0.717, 1.165) is 49.4 Å². The molecule has 0 spiro atoms. The topological polar surface area (TPSA) is 77.2 Å². The van der Waals surface area contributed by atoms with Crippen LogP contribution in [0.15, 0.2) is 42.5 Å². The van der Waals surface area contributed by atoms with Gasteiger partial charge in [0.15, 0.2) is 0 Å². The molecule has 1 fully saturated rings. The first-order chi connectivity index (χ1) is 13.2. The lowest BCUT2D eigenvalue weighted by Gasteiger charge is -2.36. The molecule has 0 unspecified atom stereocenters. The number of para-hydroxylation sites is 1. The molecule has 3 aromatic rings. The van der Waals surface area contributed by atoms with Crippen LogP contribution in [0, 0.1) is 5.82 Å². The number of nitrogens with one attached hydrogen (secondary N) is 2. The molecule has 1 aromatic heterocycles. The molecule has 4 rings (SSSR count). The van der Waals surface area contributed by atoms with Crippen LogP contribution in [0.3, 0.4) is 0 Å². The molecule has 2 aromatic carbocycles. The van der Waals surface area contributed by atoms with Gasteiger partial charge in [0.25, 0.3) is 5.91 Å². The fourth-order valence-corrected chi connectivity index (χ4v) is 3.35. The molecule has 0 saturated carbocycles. The number of carbonyl (C=O) groups excluding carboxylic acids is 1. The lowest BCUT2D eigenvalue weighted by Crippen LogP contribution is -2.48. The maximum atomic E-state index is 12.9. The highest BCUT2D eigenvalue weighted by molar-refractivity contribution is 5.94. The molecule has 140 valence electrons. The smallest absolute Gasteiger partial charge is 0.251 e. The average molecular weight is 368 g/mol. The third-order valence-electron chi connectivity index (χ3n) is 4.86. The van der Waals surface area contributed by atoms with Crippen molar-refractivity contribution in [2.75, 3.05) is 44.2 Å². The highest BCUT2D eigenvalue weighted by Crippen LogP contribution is 2.24. The van der Waals surface area contributed by atoms with E-state index in [2.05, 4.69) is 36.6 Å². The van der Waals surface area contributed by atoms with Gasteiger partial charge in [-0.15, -0.1) is 0 Å². The van der Waals surface area contributed by atoms with Gasteiger partial charge in [0, 0.05) is 44.8 Å². The number of benzene rings is 2. The summed E-state index contributed by atoms with van der Waals surface area (Å²) >= 11 is 0. The number of rotatable bonds is 5. The summed E-state index contributed by atoms with van der Waals surface area (Å²) < 4.78 is 12.9. The van der Waals surface area contributed by atoms with Crippen molar-refractivity contribution in [1.82, 2.24) is 25.6 Å². The molecular weight excluding hydrogens is 347 g/mol. The molecule has 1 aliphatic heterocycles. The van der Waals surface area contributed by atoms with Crippen molar-refractivity contribution >= 4 is 22.6 Å². The maximum absolute atomic E-state index is 12.9. The van der Waals surface area contributed by atoms with Gasteiger partial charge in [-0.05, 0) is 36.4 Å². The second-order valence-corrected chi connectivity index (χ2v) is 6.56. The van der Waals surface area contributed by atoms with Crippen LogP contribution >= 0.6 is 0 Å². The Bertz CT molecular complexity index is 917. The van der Waals surface area contributed by atoms with Gasteiger partial charge in [-0.2, -0.15) is 15.4 Å². The summed E-state index contributed by atoms with van der Waals surface area (Å²) in [5.41, 5.74) is 3.35. The molecule has 8 heteroatoms. The monoisotopic (exact) mass is 368 g/mol. The van der Waals surface area contributed by atoms with Crippen LogP contribution in [0.4, 0.5) is 10.1 Å². The molecule has 2 heterocycles. The standard InChI is InChI=1S/C19H21FN6O/c20-15-6-4-14(5-7-15)19(27)21-8-9-25-10-12-26(13-11-25)17-3-1-2-16-18(17)23-24-22-16/h1-7H,8-13H2,(H,21,27)(H,22,23,24). The predicted octanol–water partition coefficient (Wildman–Crippen LogP) is 1.65. The van der Waals surface area contributed by atoms with Crippen LogP contribution < -0.4 is 10.2 Å². The van der Waals surface area contributed by atoms with E-state index in [9.17, 15) is 9.18 Å². The van der Waals surface area contributed by atoms with Crippen molar-refractivity contribution in [2.45, 2.75) is 0 Å². The van der Waals surface area contributed by atoms with E-state index in [4.69, 9.17) is 0 Å². The minimum Gasteiger partial charge on any atom is -0.367 e. The predicted molar refractivity (Wildman–Crippen MR) is 101 cm³/mol. The number of halogens is 1. The average Bonchev–Trinajstić information content (AvgIpc) is 3.18. The molecule has 0 bridgehead atoms. The fourth-order valence-electron chi connectivity index (χ4n) is 3.35. The second kappa shape index (κ2) is 7.71. The zero-order chi connectivity index (χ0) is 18.6. The summed E-state index contributed by atoms with van der Waals surface area (Å²) in [6, 6.07) is 11.6. The first kappa shape index (κ1) is 17.4. The Morgan fingerprint density at radius 3 is 2.63 bits per heavy atom. The molecule has 7 nitrogen and oxygen atoms in total. The SMILES string of the molecule is O=C(NCCN1CCN(c2cccc3n[nH]nc23)CC1)c1ccc(F)cc1. The number of H-pyrrole nitrogens is 1. The number of carbonyl (C=O) groups is 1. The van der Waals surface area contributed by atoms with Gasteiger partial charge in [0.1, 0.15) is 16.9 Å². The molecule has 1 aliphatic rings. The summed E-state index contributed by atoms with van der Waals surface area (Å²) in [7, 11) is 0. The summed E-state index contributed by atoms with van der Waals surface area (Å²) in [5.74, 6) is -0.517. The Labute approximate surface area is 156 Å². The van der Waals surface area contributed by atoms with E-state index in [1.807, 2.05) is 12.1 Å². The molecule has 0 atom stereocenters. The molecule has 27 heavy (non-hydrogen) atoms. The van der Waals surface area contributed by atoms with Gasteiger partial charge in [-0.25, -0.2) is 4.39 Å². The number of aromatic amines is 1. The van der Waals surface area contributed by atoms with Gasteiger partial charge < -0.3 is 10.2 Å². The van der Waals surface area contributed by atoms with Crippen LogP contribution in [0.1, 0.15) is 10.4 Å². The van der Waals surface area contributed by atoms with Crippen LogP contribution in [0.25, 0.3) is 11.0 Å². The van der Waals surface area contributed by atoms with E-state index < -0.39 is 0 Å². The van der Waals surface area contributed by atoms with Crippen molar-refractivity contribution in [1.29, 1.82) is 0 Å². The van der Waals surface area contributed by atoms with Crippen LogP contribution in [0.5, 0.6) is 0 Å². The van der Waals surface area contributed by atoms with Gasteiger partial charge in [0.05, 0.1) is 5.69 Å². The Morgan fingerprint density at radius 1 is 1.07 bits per heavy atom. The second-order valence-electron chi connectivity index (χ2n) is 6.56. The first-order valence-corrected chi connectivity index (χ1v) is 9.01. The number of fused-ring (bicyclic) bond motifs is 1. The highest BCUT2D eigenvalue weighted by atomic mass is 19.1. The van der Waals surface area contributed by atoms with E-state index in [1.54, 1.807) is 0 Å². The Balaban J connectivity index is 1.26. The third kappa shape index (κ3) is 3.90. The lowest BCUT2D eigenvalue weighted by atomic mass is 10.2. The summed E-state index contributed by atoms with van der Waals surface area (Å²) in [6.07, 6.45) is 0. The lowest BCUT2D eigenvalue weighted by molar-refractivity contribution is 0.0947. The number of anilines is 1. The van der Waals surface area contributed by atoms with E-state index in [-0.39, 0.29) is 11.7 Å². The normalized spacial score (nSPS) is 15.2. The van der Waals surface area contributed by atoms with Gasteiger partial charge in [0.2, 0.25) is 0 Å². The molecule has 2 N–H and O–H groups in total. The number of hydrogen-bond acceptors (Lipinski definition) is 5. The van der Waals surface area contributed by atoms with Crippen molar-refractivity contribution < 1.29 is 9.18 Å². The van der Waals surface area contributed by atoms with Crippen molar-refractivity contribution in [3.05, 3.63) is 53.8 Å². The molecular formula is C19H21FN6O. The summed E-state index contributed by atoms with van der Waals surface area (Å²) in [4.78, 5) is 16.7. The van der Waals surface area contributed by atoms with Crippen molar-refractivity contribution in [3.63, 3.8) is 0 Å². The van der Waals surface area contributed by atoms with Crippen molar-refractivity contribution in [2.24, 2.45) is 0 Å². The van der Waals surface area contributed by atoms with Crippen molar-refractivity contribution in [3.8, 4) is 0 Å². The Hall–Kier alpha value is -3.00. The zero-order valence-corrected chi connectivity index (χ0v) is 14.9. The van der Waals surface area contributed by atoms with Crippen LogP contribution in [-0.2, 0) is 0 Å². The third-order valence-corrected chi connectivity index (χ3v) is 4.86. The number of aromatic nitrogens is 3. The van der Waals surface area contributed by atoms with Crippen LogP contribution in [-0.4, -0.2) is 65.5 Å². The quantitative estimate of drug-likeness (QED) is 0.716. The molecule has 1 amide bonds. The van der Waals surface area contributed by atoms with Gasteiger partial charge in [-0.1, -0.05) is 6.07 Å². The summed E-state index contributed by atoms with van der Waals surface area (Å²) in [5, 5.41) is 14.0. The first-order valence-electron chi connectivity index (χ1n) is 9.01. The summed E-state index contributed by atoms with van der Waals surface area (Å²) in [6.45, 7) is 4.99. The number of amides is 1. The number of piperazine rings is 1. The van der Waals surface area contributed by atoms with E-state index in [0.29, 0.717) is 12.1 Å². The zero-order valence-electron chi connectivity index (χ0n) is 14.9. The maximum Gasteiger partial charge on any atom is 0.251 e. The van der Waals surface area contributed by atoms with E-state index in [1.165, 1.54) is 24.3 Å². The van der Waals surface area contributed by atoms with Gasteiger partial charge >= 0.3 is 0 Å². The fraction of sp³-hybridized carbons (Fsp3) is 0.316. The molecule has 0 radical (unpaired) electrons. The highest BCUT2D eigenvalue weighted by Gasteiger charge is 2.19. The van der Waals surface area contributed by atoms with Crippen LogP contribution in [0.2, 0.25) is 0 Å². The van der Waals surface area contributed by atoms with E-state index >= 15 is 0 Å². The molecule has 1 saturated heterocycles. The number of hydrogen-bond donors (Lipinski definition) is 2. The molecule has 0 aliphatic carbocycles. The minimum atomic E-state index is -0.342.